The van der Waals surface area contributed by atoms with Gasteiger partial charge in [0.05, 0.1) is 17.9 Å². The quantitative estimate of drug-likeness (QED) is 0.612. The number of benzene rings is 1. The molecule has 1 aromatic carbocycles. The predicted octanol–water partition coefficient (Wildman–Crippen LogP) is 1.41. The Labute approximate surface area is 155 Å². The van der Waals surface area contributed by atoms with Gasteiger partial charge < -0.3 is 15.8 Å². The Bertz CT molecular complexity index is 969. The first kappa shape index (κ1) is 18.1. The van der Waals surface area contributed by atoms with Crippen LogP contribution in [-0.2, 0) is 0 Å². The van der Waals surface area contributed by atoms with E-state index < -0.39 is 0 Å². The van der Waals surface area contributed by atoms with Crippen molar-refractivity contribution >= 4 is 11.7 Å². The number of aromatic nitrogens is 3. The molecule has 0 saturated carbocycles. The summed E-state index contributed by atoms with van der Waals surface area (Å²) >= 11 is 0. The maximum absolute atomic E-state index is 12.0. The van der Waals surface area contributed by atoms with E-state index in [-0.39, 0.29) is 17.3 Å². The third-order valence-corrected chi connectivity index (χ3v) is 3.76. The standard InChI is InChI=1S/C19H19N5O3/c20-18-16(4-1-10-21-18)19(26)22-11-3-13-27-15-8-6-14(7-9-15)24-17(25)5-2-12-23-24/h1-2,4-10,12H,3,11,13H2,(H2,20,21)(H,22,26). The lowest BCUT2D eigenvalue weighted by atomic mass is 10.2. The minimum absolute atomic E-state index is 0.198. The molecule has 0 saturated heterocycles. The van der Waals surface area contributed by atoms with Crippen LogP contribution in [0.5, 0.6) is 5.75 Å². The fourth-order valence-electron chi connectivity index (χ4n) is 2.40. The number of carbonyl (C=O) groups excluding carboxylic acids is 1. The van der Waals surface area contributed by atoms with E-state index in [0.29, 0.717) is 36.6 Å². The van der Waals surface area contributed by atoms with Crippen molar-refractivity contribution in [2.75, 3.05) is 18.9 Å². The van der Waals surface area contributed by atoms with Crippen molar-refractivity contribution in [2.45, 2.75) is 6.42 Å². The van der Waals surface area contributed by atoms with Gasteiger partial charge in [0, 0.05) is 25.0 Å². The van der Waals surface area contributed by atoms with E-state index in [9.17, 15) is 9.59 Å². The molecule has 3 aromatic rings. The van der Waals surface area contributed by atoms with E-state index in [1.54, 1.807) is 48.7 Å². The molecule has 1 amide bonds. The third kappa shape index (κ3) is 4.69. The highest BCUT2D eigenvalue weighted by Crippen LogP contribution is 2.14. The molecule has 0 spiro atoms. The van der Waals surface area contributed by atoms with Gasteiger partial charge >= 0.3 is 0 Å². The number of hydrogen-bond acceptors (Lipinski definition) is 6. The van der Waals surface area contributed by atoms with Gasteiger partial charge in [0.25, 0.3) is 11.5 Å². The number of rotatable bonds is 7. The van der Waals surface area contributed by atoms with Crippen LogP contribution in [0.2, 0.25) is 0 Å². The normalized spacial score (nSPS) is 10.4. The lowest BCUT2D eigenvalue weighted by molar-refractivity contribution is 0.0952. The SMILES string of the molecule is Nc1ncccc1C(=O)NCCCOc1ccc(-n2ncccc2=O)cc1. The Morgan fingerprint density at radius 3 is 2.63 bits per heavy atom. The van der Waals surface area contributed by atoms with Crippen molar-refractivity contribution in [1.29, 1.82) is 0 Å². The van der Waals surface area contributed by atoms with Crippen molar-refractivity contribution in [2.24, 2.45) is 0 Å². The second-order valence-electron chi connectivity index (χ2n) is 5.66. The predicted molar refractivity (Wildman–Crippen MR) is 101 cm³/mol. The maximum Gasteiger partial charge on any atom is 0.271 e. The molecular formula is C19H19N5O3. The van der Waals surface area contributed by atoms with E-state index in [4.69, 9.17) is 10.5 Å². The molecule has 27 heavy (non-hydrogen) atoms. The summed E-state index contributed by atoms with van der Waals surface area (Å²) in [5, 5.41) is 6.80. The van der Waals surface area contributed by atoms with E-state index >= 15 is 0 Å². The van der Waals surface area contributed by atoms with Crippen molar-refractivity contribution in [3.8, 4) is 11.4 Å². The van der Waals surface area contributed by atoms with Gasteiger partial charge in [-0.15, -0.1) is 0 Å². The minimum Gasteiger partial charge on any atom is -0.494 e. The van der Waals surface area contributed by atoms with Gasteiger partial charge in [0.1, 0.15) is 11.6 Å². The number of carbonyl (C=O) groups is 1. The summed E-state index contributed by atoms with van der Waals surface area (Å²) in [7, 11) is 0. The molecule has 3 rings (SSSR count). The Morgan fingerprint density at radius 1 is 1.11 bits per heavy atom. The summed E-state index contributed by atoms with van der Waals surface area (Å²) in [5.74, 6) is 0.620. The summed E-state index contributed by atoms with van der Waals surface area (Å²) in [6, 6.07) is 13.4. The molecule has 0 radical (unpaired) electrons. The van der Waals surface area contributed by atoms with Crippen molar-refractivity contribution in [3.05, 3.63) is 76.8 Å². The number of anilines is 1. The van der Waals surface area contributed by atoms with Crippen molar-refractivity contribution < 1.29 is 9.53 Å². The van der Waals surface area contributed by atoms with Crippen LogP contribution in [0.3, 0.4) is 0 Å². The van der Waals surface area contributed by atoms with Gasteiger partial charge in [-0.2, -0.15) is 9.78 Å². The zero-order valence-electron chi connectivity index (χ0n) is 14.5. The molecule has 8 heteroatoms. The summed E-state index contributed by atoms with van der Waals surface area (Å²) in [6.45, 7) is 0.889. The molecule has 2 aromatic heterocycles. The molecule has 0 fully saturated rings. The van der Waals surface area contributed by atoms with Gasteiger partial charge in [0.2, 0.25) is 0 Å². The van der Waals surface area contributed by atoms with Gasteiger partial charge in [-0.3, -0.25) is 9.59 Å². The van der Waals surface area contributed by atoms with E-state index in [1.807, 2.05) is 0 Å². The lowest BCUT2D eigenvalue weighted by Gasteiger charge is -2.09. The second kappa shape index (κ2) is 8.61. The summed E-state index contributed by atoms with van der Waals surface area (Å²) in [5.41, 5.74) is 6.49. The molecule has 0 aliphatic carbocycles. The minimum atomic E-state index is -0.259. The number of amides is 1. The summed E-state index contributed by atoms with van der Waals surface area (Å²) in [4.78, 5) is 27.6. The first-order chi connectivity index (χ1) is 13.1. The van der Waals surface area contributed by atoms with E-state index in [1.165, 1.54) is 16.9 Å². The fourth-order valence-corrected chi connectivity index (χ4v) is 2.40. The molecule has 3 N–H and O–H groups in total. The summed E-state index contributed by atoms with van der Waals surface area (Å²) in [6.07, 6.45) is 3.72. The number of ether oxygens (including phenoxy) is 1. The molecule has 8 nitrogen and oxygen atoms in total. The molecule has 0 aliphatic heterocycles. The lowest BCUT2D eigenvalue weighted by Crippen LogP contribution is -2.26. The molecule has 0 unspecified atom stereocenters. The second-order valence-corrected chi connectivity index (χ2v) is 5.66. The molecule has 0 bridgehead atoms. The Morgan fingerprint density at radius 2 is 1.89 bits per heavy atom. The first-order valence-corrected chi connectivity index (χ1v) is 8.41. The van der Waals surface area contributed by atoms with Crippen LogP contribution in [0, 0.1) is 0 Å². The smallest absolute Gasteiger partial charge is 0.271 e. The zero-order valence-corrected chi connectivity index (χ0v) is 14.5. The average Bonchev–Trinajstić information content (AvgIpc) is 2.69. The molecule has 138 valence electrons. The van der Waals surface area contributed by atoms with Crippen LogP contribution >= 0.6 is 0 Å². The van der Waals surface area contributed by atoms with Gasteiger partial charge in [-0.05, 0) is 48.9 Å². The van der Waals surface area contributed by atoms with E-state index in [0.717, 1.165) is 0 Å². The summed E-state index contributed by atoms with van der Waals surface area (Å²) < 4.78 is 6.95. The fraction of sp³-hybridized carbons (Fsp3) is 0.158. The number of nitrogen functional groups attached to an aromatic ring is 1. The highest BCUT2D eigenvalue weighted by molar-refractivity contribution is 5.98. The van der Waals surface area contributed by atoms with Gasteiger partial charge in [-0.1, -0.05) is 0 Å². The van der Waals surface area contributed by atoms with Crippen LogP contribution in [0.15, 0.2) is 65.7 Å². The monoisotopic (exact) mass is 365 g/mol. The Hall–Kier alpha value is -3.68. The number of pyridine rings is 1. The number of nitrogens with two attached hydrogens (primary N) is 1. The Kier molecular flexibility index (Phi) is 5.78. The van der Waals surface area contributed by atoms with Crippen LogP contribution < -0.4 is 21.3 Å². The highest BCUT2D eigenvalue weighted by atomic mass is 16.5. The van der Waals surface area contributed by atoms with Crippen LogP contribution in [0.25, 0.3) is 5.69 Å². The third-order valence-electron chi connectivity index (χ3n) is 3.76. The van der Waals surface area contributed by atoms with Gasteiger partial charge in [-0.25, -0.2) is 4.98 Å². The van der Waals surface area contributed by atoms with Crippen LogP contribution in [-0.4, -0.2) is 33.8 Å². The molecule has 2 heterocycles. The largest absolute Gasteiger partial charge is 0.494 e. The van der Waals surface area contributed by atoms with Crippen LogP contribution in [0.4, 0.5) is 5.82 Å². The number of nitrogens with one attached hydrogen (secondary N) is 1. The first-order valence-electron chi connectivity index (χ1n) is 8.41. The number of hydrogen-bond donors (Lipinski definition) is 2. The van der Waals surface area contributed by atoms with Crippen LogP contribution in [0.1, 0.15) is 16.8 Å². The average molecular weight is 365 g/mol. The number of nitrogens with zero attached hydrogens (tertiary/aromatic N) is 3. The van der Waals surface area contributed by atoms with E-state index in [2.05, 4.69) is 15.4 Å². The molecule has 0 atom stereocenters. The van der Waals surface area contributed by atoms with Crippen molar-refractivity contribution in [3.63, 3.8) is 0 Å². The molecular weight excluding hydrogens is 346 g/mol. The maximum atomic E-state index is 12.0. The van der Waals surface area contributed by atoms with Crippen molar-refractivity contribution in [1.82, 2.24) is 20.1 Å². The van der Waals surface area contributed by atoms with Gasteiger partial charge in [0.15, 0.2) is 0 Å². The highest BCUT2D eigenvalue weighted by Gasteiger charge is 2.08. The molecule has 0 aliphatic rings. The zero-order chi connectivity index (χ0) is 19.1. The Balaban J connectivity index is 1.45. The topological polar surface area (TPSA) is 112 Å².